The lowest BCUT2D eigenvalue weighted by Crippen LogP contribution is -2.32. The molecule has 1 amide bonds. The average molecular weight is 182 g/mol. The number of amides is 1. The van der Waals surface area contributed by atoms with Gasteiger partial charge in [-0.1, -0.05) is 12.8 Å². The van der Waals surface area contributed by atoms with Gasteiger partial charge in [0, 0.05) is 25.6 Å². The molecule has 2 atom stereocenters. The number of carbonyl (C=O) groups is 1. The van der Waals surface area contributed by atoms with E-state index in [1.54, 1.807) is 0 Å². The highest BCUT2D eigenvalue weighted by atomic mass is 16.2. The van der Waals surface area contributed by atoms with Gasteiger partial charge in [0.05, 0.1) is 0 Å². The fourth-order valence-electron chi connectivity index (χ4n) is 2.72. The third kappa shape index (κ3) is 1.57. The Labute approximate surface area is 79.3 Å². The lowest BCUT2D eigenvalue weighted by atomic mass is 9.81. The molecule has 0 aromatic heterocycles. The zero-order chi connectivity index (χ0) is 9.26. The molecular weight excluding hydrogens is 164 g/mol. The molecule has 1 saturated carbocycles. The number of fused-ring (bicyclic) bond motifs is 1. The quantitative estimate of drug-likeness (QED) is 0.679. The molecule has 0 radical (unpaired) electrons. The highest BCUT2D eigenvalue weighted by Crippen LogP contribution is 2.36. The second-order valence-corrected chi connectivity index (χ2v) is 4.22. The standard InChI is InChI=1S/C10H18N2O/c11-5-6-12-7-8-3-1-2-4-9(8)10(12)13/h8-9H,1-7,11H2. The first-order chi connectivity index (χ1) is 6.33. The zero-order valence-corrected chi connectivity index (χ0v) is 8.04. The van der Waals surface area contributed by atoms with Gasteiger partial charge < -0.3 is 10.6 Å². The Morgan fingerprint density at radius 1 is 1.38 bits per heavy atom. The molecule has 2 unspecified atom stereocenters. The number of hydrogen-bond donors (Lipinski definition) is 1. The van der Waals surface area contributed by atoms with E-state index in [-0.39, 0.29) is 0 Å². The van der Waals surface area contributed by atoms with Gasteiger partial charge in [-0.3, -0.25) is 4.79 Å². The summed E-state index contributed by atoms with van der Waals surface area (Å²) in [4.78, 5) is 13.8. The number of hydrogen-bond acceptors (Lipinski definition) is 2. The second-order valence-electron chi connectivity index (χ2n) is 4.22. The highest BCUT2D eigenvalue weighted by Gasteiger charge is 2.40. The Bertz CT molecular complexity index is 205. The molecule has 1 aliphatic heterocycles. The molecule has 74 valence electrons. The van der Waals surface area contributed by atoms with Gasteiger partial charge in [0.2, 0.25) is 5.91 Å². The lowest BCUT2D eigenvalue weighted by molar-refractivity contribution is -0.131. The van der Waals surface area contributed by atoms with Crippen molar-refractivity contribution in [2.45, 2.75) is 25.7 Å². The van der Waals surface area contributed by atoms with E-state index in [1.165, 1.54) is 19.3 Å². The van der Waals surface area contributed by atoms with Crippen LogP contribution < -0.4 is 5.73 Å². The van der Waals surface area contributed by atoms with Gasteiger partial charge in [-0.05, 0) is 18.8 Å². The Morgan fingerprint density at radius 2 is 2.15 bits per heavy atom. The number of nitrogens with two attached hydrogens (primary N) is 1. The van der Waals surface area contributed by atoms with Crippen molar-refractivity contribution in [2.24, 2.45) is 17.6 Å². The van der Waals surface area contributed by atoms with Gasteiger partial charge in [-0.25, -0.2) is 0 Å². The van der Waals surface area contributed by atoms with E-state index in [9.17, 15) is 4.79 Å². The van der Waals surface area contributed by atoms with Crippen molar-refractivity contribution in [1.82, 2.24) is 4.90 Å². The Kier molecular flexibility index (Phi) is 2.54. The maximum atomic E-state index is 11.8. The van der Waals surface area contributed by atoms with E-state index >= 15 is 0 Å². The summed E-state index contributed by atoms with van der Waals surface area (Å²) >= 11 is 0. The van der Waals surface area contributed by atoms with Crippen LogP contribution in [0.2, 0.25) is 0 Å². The summed E-state index contributed by atoms with van der Waals surface area (Å²) in [5, 5.41) is 0. The average Bonchev–Trinajstić information content (AvgIpc) is 2.46. The highest BCUT2D eigenvalue weighted by molar-refractivity contribution is 5.81. The van der Waals surface area contributed by atoms with Crippen molar-refractivity contribution < 1.29 is 4.79 Å². The van der Waals surface area contributed by atoms with Crippen molar-refractivity contribution in [3.63, 3.8) is 0 Å². The maximum Gasteiger partial charge on any atom is 0.226 e. The normalized spacial score (nSPS) is 33.6. The molecule has 0 aromatic rings. The van der Waals surface area contributed by atoms with Crippen LogP contribution in [0, 0.1) is 11.8 Å². The molecule has 13 heavy (non-hydrogen) atoms. The van der Waals surface area contributed by atoms with Gasteiger partial charge >= 0.3 is 0 Å². The van der Waals surface area contributed by atoms with Crippen LogP contribution in [0.4, 0.5) is 0 Å². The molecule has 0 spiro atoms. The minimum Gasteiger partial charge on any atom is -0.341 e. The molecule has 2 aliphatic rings. The van der Waals surface area contributed by atoms with Crippen LogP contribution in [-0.4, -0.2) is 30.4 Å². The molecule has 1 aliphatic carbocycles. The van der Waals surface area contributed by atoms with E-state index in [0.29, 0.717) is 24.3 Å². The molecule has 2 fully saturated rings. The fraction of sp³-hybridized carbons (Fsp3) is 0.900. The summed E-state index contributed by atoms with van der Waals surface area (Å²) < 4.78 is 0. The van der Waals surface area contributed by atoms with Crippen LogP contribution in [0.5, 0.6) is 0 Å². The predicted molar refractivity (Wildman–Crippen MR) is 51.1 cm³/mol. The molecule has 0 aromatic carbocycles. The van der Waals surface area contributed by atoms with Crippen molar-refractivity contribution in [3.05, 3.63) is 0 Å². The number of likely N-dealkylation sites (tertiary alicyclic amines) is 1. The largest absolute Gasteiger partial charge is 0.341 e. The van der Waals surface area contributed by atoms with E-state index in [1.807, 2.05) is 4.90 Å². The van der Waals surface area contributed by atoms with Crippen LogP contribution in [0.25, 0.3) is 0 Å². The predicted octanol–water partition coefficient (Wildman–Crippen LogP) is 0.594. The van der Waals surface area contributed by atoms with Crippen molar-refractivity contribution in [2.75, 3.05) is 19.6 Å². The third-order valence-corrected chi connectivity index (χ3v) is 3.39. The summed E-state index contributed by atoms with van der Waals surface area (Å²) in [5.41, 5.74) is 5.47. The summed E-state index contributed by atoms with van der Waals surface area (Å²) in [6.45, 7) is 2.33. The summed E-state index contributed by atoms with van der Waals surface area (Å²) in [6.07, 6.45) is 4.91. The first-order valence-electron chi connectivity index (χ1n) is 5.32. The molecule has 2 N–H and O–H groups in total. The summed E-state index contributed by atoms with van der Waals surface area (Å²) in [6, 6.07) is 0. The minimum atomic E-state index is 0.347. The smallest absolute Gasteiger partial charge is 0.226 e. The molecule has 0 bridgehead atoms. The van der Waals surface area contributed by atoms with Crippen LogP contribution in [0.1, 0.15) is 25.7 Å². The summed E-state index contributed by atoms with van der Waals surface area (Å²) in [7, 11) is 0. The van der Waals surface area contributed by atoms with Crippen LogP contribution >= 0.6 is 0 Å². The summed E-state index contributed by atoms with van der Waals surface area (Å²) in [5.74, 6) is 1.36. The molecule has 2 rings (SSSR count). The molecule has 3 nitrogen and oxygen atoms in total. The number of rotatable bonds is 2. The van der Waals surface area contributed by atoms with Crippen LogP contribution in [-0.2, 0) is 4.79 Å². The zero-order valence-electron chi connectivity index (χ0n) is 8.04. The maximum absolute atomic E-state index is 11.8. The van der Waals surface area contributed by atoms with E-state index in [0.717, 1.165) is 19.5 Å². The van der Waals surface area contributed by atoms with Gasteiger partial charge in [0.1, 0.15) is 0 Å². The van der Waals surface area contributed by atoms with E-state index in [2.05, 4.69) is 0 Å². The molecule has 3 heteroatoms. The van der Waals surface area contributed by atoms with Crippen molar-refractivity contribution >= 4 is 5.91 Å². The monoisotopic (exact) mass is 182 g/mol. The molecule has 1 heterocycles. The minimum absolute atomic E-state index is 0.347. The first-order valence-corrected chi connectivity index (χ1v) is 5.32. The fourth-order valence-corrected chi connectivity index (χ4v) is 2.72. The Morgan fingerprint density at radius 3 is 2.85 bits per heavy atom. The van der Waals surface area contributed by atoms with Crippen molar-refractivity contribution in [3.8, 4) is 0 Å². The van der Waals surface area contributed by atoms with E-state index in [4.69, 9.17) is 5.73 Å². The number of nitrogens with zero attached hydrogens (tertiary/aromatic N) is 1. The molecular formula is C10H18N2O. The second kappa shape index (κ2) is 3.66. The van der Waals surface area contributed by atoms with Gasteiger partial charge in [-0.15, -0.1) is 0 Å². The SMILES string of the molecule is NCCN1CC2CCCCC2C1=O. The number of carbonyl (C=O) groups excluding carboxylic acids is 1. The Hall–Kier alpha value is -0.570. The van der Waals surface area contributed by atoms with Gasteiger partial charge in [0.25, 0.3) is 0 Å². The first kappa shape index (κ1) is 9.00. The van der Waals surface area contributed by atoms with Gasteiger partial charge in [0.15, 0.2) is 0 Å². The topological polar surface area (TPSA) is 46.3 Å². The molecule has 1 saturated heterocycles. The van der Waals surface area contributed by atoms with Gasteiger partial charge in [-0.2, -0.15) is 0 Å². The lowest BCUT2D eigenvalue weighted by Gasteiger charge is -2.21. The Balaban J connectivity index is 2.01. The van der Waals surface area contributed by atoms with E-state index < -0.39 is 0 Å². The third-order valence-electron chi connectivity index (χ3n) is 3.39. The van der Waals surface area contributed by atoms with Crippen molar-refractivity contribution in [1.29, 1.82) is 0 Å². The van der Waals surface area contributed by atoms with Crippen LogP contribution in [0.3, 0.4) is 0 Å². The van der Waals surface area contributed by atoms with Crippen LogP contribution in [0.15, 0.2) is 0 Å².